The number of carbonyl (C=O) groups is 1. The lowest BCUT2D eigenvalue weighted by Gasteiger charge is -2.12. The van der Waals surface area contributed by atoms with Crippen LogP contribution >= 0.6 is 0 Å². The fourth-order valence-electron chi connectivity index (χ4n) is 1.16. The summed E-state index contributed by atoms with van der Waals surface area (Å²) in [6, 6.07) is 7.31. The van der Waals surface area contributed by atoms with Gasteiger partial charge in [0.1, 0.15) is 5.75 Å². The van der Waals surface area contributed by atoms with Crippen LogP contribution in [0.15, 0.2) is 24.3 Å². The van der Waals surface area contributed by atoms with Gasteiger partial charge in [0, 0.05) is 6.54 Å². The second-order valence-electron chi connectivity index (χ2n) is 3.13. The molecule has 1 aromatic rings. The third kappa shape index (κ3) is 3.25. The molecule has 0 heterocycles. The Morgan fingerprint density at radius 1 is 1.53 bits per heavy atom. The number of ether oxygens (including phenoxy) is 2. The van der Waals surface area contributed by atoms with Crippen LogP contribution in [0.5, 0.6) is 5.75 Å². The Morgan fingerprint density at radius 2 is 2.27 bits per heavy atom. The van der Waals surface area contributed by atoms with E-state index in [1.807, 2.05) is 12.1 Å². The highest BCUT2D eigenvalue weighted by molar-refractivity contribution is 5.74. The Labute approximate surface area is 89.0 Å². The monoisotopic (exact) mass is 209 g/mol. The molecule has 1 unspecified atom stereocenters. The summed E-state index contributed by atoms with van der Waals surface area (Å²) < 4.78 is 9.93. The molecule has 4 heteroatoms. The van der Waals surface area contributed by atoms with Crippen molar-refractivity contribution in [3.05, 3.63) is 29.8 Å². The second-order valence-corrected chi connectivity index (χ2v) is 3.13. The van der Waals surface area contributed by atoms with Gasteiger partial charge in [-0.15, -0.1) is 0 Å². The van der Waals surface area contributed by atoms with E-state index < -0.39 is 12.1 Å². The summed E-state index contributed by atoms with van der Waals surface area (Å²) >= 11 is 0. The van der Waals surface area contributed by atoms with Crippen LogP contribution < -0.4 is 10.5 Å². The highest BCUT2D eigenvalue weighted by Crippen LogP contribution is 2.14. The molecule has 4 nitrogen and oxygen atoms in total. The first-order chi connectivity index (χ1) is 7.17. The van der Waals surface area contributed by atoms with Crippen molar-refractivity contribution >= 4 is 5.97 Å². The van der Waals surface area contributed by atoms with Crippen LogP contribution in [0.3, 0.4) is 0 Å². The largest absolute Gasteiger partial charge is 0.479 e. The minimum absolute atomic E-state index is 0.395. The van der Waals surface area contributed by atoms with Crippen molar-refractivity contribution in [3.63, 3.8) is 0 Å². The molecule has 0 aliphatic heterocycles. The van der Waals surface area contributed by atoms with Crippen LogP contribution in [0, 0.1) is 0 Å². The number of hydrogen-bond acceptors (Lipinski definition) is 4. The molecule has 1 atom stereocenters. The Bertz CT molecular complexity index is 338. The van der Waals surface area contributed by atoms with Gasteiger partial charge in [-0.3, -0.25) is 0 Å². The Balaban J connectivity index is 2.67. The number of carbonyl (C=O) groups excluding carboxylic acids is 1. The van der Waals surface area contributed by atoms with Crippen molar-refractivity contribution in [2.24, 2.45) is 5.73 Å². The lowest BCUT2D eigenvalue weighted by atomic mass is 10.2. The van der Waals surface area contributed by atoms with Gasteiger partial charge in [-0.1, -0.05) is 12.1 Å². The van der Waals surface area contributed by atoms with Crippen LogP contribution in [0.2, 0.25) is 0 Å². The molecule has 0 aliphatic rings. The number of nitrogens with two attached hydrogens (primary N) is 1. The maximum atomic E-state index is 11.1. The molecular weight excluding hydrogens is 194 g/mol. The maximum absolute atomic E-state index is 11.1. The first-order valence-corrected chi connectivity index (χ1v) is 4.71. The summed E-state index contributed by atoms with van der Waals surface area (Å²) in [6.07, 6.45) is -0.608. The molecule has 0 amide bonds. The van der Waals surface area contributed by atoms with Gasteiger partial charge in [0.05, 0.1) is 7.11 Å². The van der Waals surface area contributed by atoms with Crippen molar-refractivity contribution < 1.29 is 14.3 Å². The smallest absolute Gasteiger partial charge is 0.346 e. The SMILES string of the molecule is COC(=O)C(C)Oc1cccc(CN)c1. The topological polar surface area (TPSA) is 61.5 Å². The lowest BCUT2D eigenvalue weighted by Crippen LogP contribution is -2.24. The minimum atomic E-state index is -0.608. The summed E-state index contributed by atoms with van der Waals surface area (Å²) in [5.74, 6) is 0.226. The molecule has 82 valence electrons. The van der Waals surface area contributed by atoms with E-state index in [0.717, 1.165) is 5.56 Å². The lowest BCUT2D eigenvalue weighted by molar-refractivity contribution is -0.147. The predicted molar refractivity (Wildman–Crippen MR) is 56.4 cm³/mol. The van der Waals surface area contributed by atoms with Gasteiger partial charge >= 0.3 is 5.97 Å². The quantitative estimate of drug-likeness (QED) is 0.754. The molecule has 2 N–H and O–H groups in total. The molecule has 0 bridgehead atoms. The van der Waals surface area contributed by atoms with E-state index in [4.69, 9.17) is 10.5 Å². The van der Waals surface area contributed by atoms with Gasteiger partial charge in [0.15, 0.2) is 6.10 Å². The van der Waals surface area contributed by atoms with Gasteiger partial charge in [0.2, 0.25) is 0 Å². The van der Waals surface area contributed by atoms with Crippen LogP contribution in [0.1, 0.15) is 12.5 Å². The Morgan fingerprint density at radius 3 is 2.87 bits per heavy atom. The fourth-order valence-corrected chi connectivity index (χ4v) is 1.16. The van der Waals surface area contributed by atoms with Gasteiger partial charge in [-0.2, -0.15) is 0 Å². The van der Waals surface area contributed by atoms with E-state index in [2.05, 4.69) is 4.74 Å². The Kier molecular flexibility index (Phi) is 4.12. The molecule has 0 radical (unpaired) electrons. The molecule has 1 aromatic carbocycles. The number of rotatable bonds is 4. The van der Waals surface area contributed by atoms with Crippen LogP contribution in [0.4, 0.5) is 0 Å². The maximum Gasteiger partial charge on any atom is 0.346 e. The van der Waals surface area contributed by atoms with Gasteiger partial charge < -0.3 is 15.2 Å². The normalized spacial score (nSPS) is 11.9. The molecule has 0 saturated carbocycles. The third-order valence-electron chi connectivity index (χ3n) is 1.98. The van der Waals surface area contributed by atoms with E-state index in [1.54, 1.807) is 19.1 Å². The van der Waals surface area contributed by atoms with Gasteiger partial charge in [0.25, 0.3) is 0 Å². The van der Waals surface area contributed by atoms with Gasteiger partial charge in [-0.05, 0) is 24.6 Å². The standard InChI is InChI=1S/C11H15NO3/c1-8(11(13)14-2)15-10-5-3-4-9(6-10)7-12/h3-6,8H,7,12H2,1-2H3. The molecule has 0 spiro atoms. The van der Waals surface area contributed by atoms with E-state index in [-0.39, 0.29) is 0 Å². The number of esters is 1. The average Bonchev–Trinajstić information content (AvgIpc) is 2.28. The zero-order chi connectivity index (χ0) is 11.3. The first kappa shape index (κ1) is 11.5. The second kappa shape index (κ2) is 5.36. The van der Waals surface area contributed by atoms with Crippen molar-refractivity contribution in [3.8, 4) is 5.75 Å². The van der Waals surface area contributed by atoms with E-state index >= 15 is 0 Å². The number of hydrogen-bond donors (Lipinski definition) is 1. The molecule has 0 saturated heterocycles. The summed E-state index contributed by atoms with van der Waals surface area (Å²) in [7, 11) is 1.33. The van der Waals surface area contributed by atoms with Crippen LogP contribution in [-0.4, -0.2) is 19.2 Å². The van der Waals surface area contributed by atoms with Crippen LogP contribution in [0.25, 0.3) is 0 Å². The summed E-state index contributed by atoms with van der Waals surface area (Å²) in [5.41, 5.74) is 6.45. The molecular formula is C11H15NO3. The Hall–Kier alpha value is -1.55. The summed E-state index contributed by atoms with van der Waals surface area (Å²) in [5, 5.41) is 0. The van der Waals surface area contributed by atoms with Crippen molar-refractivity contribution in [1.82, 2.24) is 0 Å². The molecule has 0 aromatic heterocycles. The number of benzene rings is 1. The zero-order valence-corrected chi connectivity index (χ0v) is 8.90. The molecule has 1 rings (SSSR count). The summed E-state index contributed by atoms with van der Waals surface area (Å²) in [6.45, 7) is 2.09. The highest BCUT2D eigenvalue weighted by atomic mass is 16.6. The van der Waals surface area contributed by atoms with E-state index in [9.17, 15) is 4.79 Å². The van der Waals surface area contributed by atoms with E-state index in [0.29, 0.717) is 12.3 Å². The van der Waals surface area contributed by atoms with Gasteiger partial charge in [-0.25, -0.2) is 4.79 Å². The first-order valence-electron chi connectivity index (χ1n) is 4.71. The highest BCUT2D eigenvalue weighted by Gasteiger charge is 2.14. The van der Waals surface area contributed by atoms with Crippen LogP contribution in [-0.2, 0) is 16.1 Å². The average molecular weight is 209 g/mol. The number of methoxy groups -OCH3 is 1. The molecule has 15 heavy (non-hydrogen) atoms. The van der Waals surface area contributed by atoms with Crippen molar-refractivity contribution in [2.45, 2.75) is 19.6 Å². The zero-order valence-electron chi connectivity index (χ0n) is 8.90. The predicted octanol–water partition coefficient (Wildman–Crippen LogP) is 1.09. The summed E-state index contributed by atoms with van der Waals surface area (Å²) in [4.78, 5) is 11.1. The minimum Gasteiger partial charge on any atom is -0.479 e. The van der Waals surface area contributed by atoms with Crippen molar-refractivity contribution in [1.29, 1.82) is 0 Å². The van der Waals surface area contributed by atoms with E-state index in [1.165, 1.54) is 7.11 Å². The van der Waals surface area contributed by atoms with Crippen molar-refractivity contribution in [2.75, 3.05) is 7.11 Å². The molecule has 0 aliphatic carbocycles. The fraction of sp³-hybridized carbons (Fsp3) is 0.364. The third-order valence-corrected chi connectivity index (χ3v) is 1.98. The molecule has 0 fully saturated rings.